The van der Waals surface area contributed by atoms with Gasteiger partial charge < -0.3 is 15.0 Å². The Morgan fingerprint density at radius 1 is 1.25 bits per heavy atom. The average molecular weight is 333 g/mol. The van der Waals surface area contributed by atoms with Gasteiger partial charge in [0.25, 0.3) is 0 Å². The van der Waals surface area contributed by atoms with Crippen molar-refractivity contribution in [3.63, 3.8) is 0 Å². The first-order valence-corrected chi connectivity index (χ1v) is 8.89. The third kappa shape index (κ3) is 4.95. The van der Waals surface area contributed by atoms with Crippen LogP contribution in [-0.2, 0) is 4.74 Å². The molecule has 1 aliphatic rings. The topological polar surface area (TPSA) is 44.8 Å². The predicted octanol–water partition coefficient (Wildman–Crippen LogP) is 2.73. The van der Waals surface area contributed by atoms with Crippen LogP contribution in [-0.4, -0.2) is 62.3 Å². The predicted molar refractivity (Wildman–Crippen MR) is 97.4 cm³/mol. The lowest BCUT2D eigenvalue weighted by atomic mass is 9.97. The summed E-state index contributed by atoms with van der Waals surface area (Å²) in [6.45, 7) is 11.4. The minimum absolute atomic E-state index is 0.0493. The number of rotatable bonds is 6. The molecule has 1 heterocycles. The molecule has 2 amide bonds. The zero-order chi connectivity index (χ0) is 17.5. The SMILES string of the molecule is CC[C@@H](NC(=O)N1CCN(CCOC)CC1)c1ccc(C)cc1C. The number of ether oxygens (including phenoxy) is 1. The monoisotopic (exact) mass is 333 g/mol. The van der Waals surface area contributed by atoms with Gasteiger partial charge in [0.05, 0.1) is 12.6 Å². The Hall–Kier alpha value is -1.59. The maximum absolute atomic E-state index is 12.6. The van der Waals surface area contributed by atoms with E-state index in [1.165, 1.54) is 16.7 Å². The molecule has 5 heteroatoms. The summed E-state index contributed by atoms with van der Waals surface area (Å²) < 4.78 is 5.12. The minimum Gasteiger partial charge on any atom is -0.383 e. The van der Waals surface area contributed by atoms with E-state index in [1.54, 1.807) is 7.11 Å². The lowest BCUT2D eigenvalue weighted by Gasteiger charge is -2.35. The van der Waals surface area contributed by atoms with E-state index in [0.717, 1.165) is 45.8 Å². The number of hydrogen-bond acceptors (Lipinski definition) is 3. The third-order valence-electron chi connectivity index (χ3n) is 4.78. The molecule has 134 valence electrons. The van der Waals surface area contributed by atoms with Crippen molar-refractivity contribution >= 4 is 6.03 Å². The van der Waals surface area contributed by atoms with Crippen molar-refractivity contribution in [2.45, 2.75) is 33.2 Å². The molecule has 1 N–H and O–H groups in total. The largest absolute Gasteiger partial charge is 0.383 e. The molecular formula is C19H31N3O2. The van der Waals surface area contributed by atoms with Gasteiger partial charge in [0, 0.05) is 39.8 Å². The molecule has 2 rings (SSSR count). The number of amides is 2. The van der Waals surface area contributed by atoms with Crippen LogP contribution in [0.2, 0.25) is 0 Å². The van der Waals surface area contributed by atoms with Gasteiger partial charge in [0.2, 0.25) is 0 Å². The summed E-state index contributed by atoms with van der Waals surface area (Å²) in [4.78, 5) is 16.9. The van der Waals surface area contributed by atoms with Gasteiger partial charge in [0.1, 0.15) is 0 Å². The Morgan fingerprint density at radius 2 is 1.96 bits per heavy atom. The molecule has 24 heavy (non-hydrogen) atoms. The fourth-order valence-corrected chi connectivity index (χ4v) is 3.25. The summed E-state index contributed by atoms with van der Waals surface area (Å²) in [7, 11) is 1.72. The number of carbonyl (C=O) groups is 1. The van der Waals surface area contributed by atoms with E-state index in [9.17, 15) is 4.79 Å². The van der Waals surface area contributed by atoms with Gasteiger partial charge in [0.15, 0.2) is 0 Å². The van der Waals surface area contributed by atoms with Gasteiger partial charge in [-0.15, -0.1) is 0 Å². The van der Waals surface area contributed by atoms with Crippen LogP contribution < -0.4 is 5.32 Å². The second-order valence-electron chi connectivity index (χ2n) is 6.59. The number of nitrogens with zero attached hydrogens (tertiary/aromatic N) is 2. The third-order valence-corrected chi connectivity index (χ3v) is 4.78. The van der Waals surface area contributed by atoms with Crippen LogP contribution in [0, 0.1) is 13.8 Å². The maximum Gasteiger partial charge on any atom is 0.317 e. The van der Waals surface area contributed by atoms with Crippen molar-refractivity contribution in [2.24, 2.45) is 0 Å². The maximum atomic E-state index is 12.6. The van der Waals surface area contributed by atoms with Crippen molar-refractivity contribution in [2.75, 3.05) is 46.4 Å². The number of urea groups is 1. The fourth-order valence-electron chi connectivity index (χ4n) is 3.25. The smallest absolute Gasteiger partial charge is 0.317 e. The molecule has 0 aliphatic carbocycles. The molecule has 0 unspecified atom stereocenters. The van der Waals surface area contributed by atoms with E-state index in [1.807, 2.05) is 4.90 Å². The zero-order valence-corrected chi connectivity index (χ0v) is 15.5. The summed E-state index contributed by atoms with van der Waals surface area (Å²) in [6.07, 6.45) is 0.892. The lowest BCUT2D eigenvalue weighted by Crippen LogP contribution is -2.52. The Morgan fingerprint density at radius 3 is 2.54 bits per heavy atom. The van der Waals surface area contributed by atoms with E-state index in [2.05, 4.69) is 49.2 Å². The Bertz CT molecular complexity index is 539. The summed E-state index contributed by atoms with van der Waals surface area (Å²) >= 11 is 0. The molecule has 1 aliphatic heterocycles. The molecule has 0 spiro atoms. The number of benzene rings is 1. The highest BCUT2D eigenvalue weighted by atomic mass is 16.5. The van der Waals surface area contributed by atoms with Gasteiger partial charge in [-0.25, -0.2) is 4.79 Å². The van der Waals surface area contributed by atoms with Gasteiger partial charge in [-0.2, -0.15) is 0 Å². The molecule has 1 aromatic rings. The Kier molecular flexibility index (Phi) is 7.06. The Balaban J connectivity index is 1.91. The lowest BCUT2D eigenvalue weighted by molar-refractivity contribution is 0.105. The first-order valence-electron chi connectivity index (χ1n) is 8.89. The summed E-state index contributed by atoms with van der Waals surface area (Å²) in [5.41, 5.74) is 3.71. The zero-order valence-electron chi connectivity index (χ0n) is 15.5. The van der Waals surface area contributed by atoms with Crippen LogP contribution in [0.25, 0.3) is 0 Å². The quantitative estimate of drug-likeness (QED) is 0.870. The van der Waals surface area contributed by atoms with Crippen LogP contribution in [0.3, 0.4) is 0 Å². The highest BCUT2D eigenvalue weighted by Gasteiger charge is 2.23. The first-order chi connectivity index (χ1) is 11.5. The number of nitrogens with one attached hydrogen (secondary N) is 1. The molecule has 1 aromatic carbocycles. The second-order valence-corrected chi connectivity index (χ2v) is 6.59. The summed E-state index contributed by atoms with van der Waals surface area (Å²) in [5.74, 6) is 0. The molecule has 1 atom stereocenters. The number of methoxy groups -OCH3 is 1. The first kappa shape index (κ1) is 18.7. The average Bonchev–Trinajstić information content (AvgIpc) is 2.58. The number of hydrogen-bond donors (Lipinski definition) is 1. The van der Waals surface area contributed by atoms with Crippen LogP contribution in [0.15, 0.2) is 18.2 Å². The standard InChI is InChI=1S/C19H31N3O2/c1-5-18(17-7-6-15(2)14-16(17)3)20-19(23)22-10-8-21(9-11-22)12-13-24-4/h6-7,14,18H,5,8-13H2,1-4H3,(H,20,23)/t18-/m1/s1. The van der Waals surface area contributed by atoms with Crippen molar-refractivity contribution in [3.8, 4) is 0 Å². The molecule has 0 aromatic heterocycles. The van der Waals surface area contributed by atoms with Crippen LogP contribution in [0.1, 0.15) is 36.1 Å². The molecule has 1 fully saturated rings. The van der Waals surface area contributed by atoms with E-state index >= 15 is 0 Å². The van der Waals surface area contributed by atoms with Gasteiger partial charge in [-0.3, -0.25) is 4.90 Å². The highest BCUT2D eigenvalue weighted by molar-refractivity contribution is 5.75. The van der Waals surface area contributed by atoms with Crippen molar-refractivity contribution < 1.29 is 9.53 Å². The number of carbonyl (C=O) groups excluding carboxylic acids is 1. The van der Waals surface area contributed by atoms with Gasteiger partial charge in [-0.05, 0) is 31.4 Å². The van der Waals surface area contributed by atoms with Crippen LogP contribution in [0.5, 0.6) is 0 Å². The van der Waals surface area contributed by atoms with E-state index in [0.29, 0.717) is 0 Å². The Labute approximate surface area is 146 Å². The molecule has 0 radical (unpaired) electrons. The van der Waals surface area contributed by atoms with Gasteiger partial charge >= 0.3 is 6.03 Å². The van der Waals surface area contributed by atoms with E-state index in [-0.39, 0.29) is 12.1 Å². The molecular weight excluding hydrogens is 302 g/mol. The van der Waals surface area contributed by atoms with Crippen molar-refractivity contribution in [3.05, 3.63) is 34.9 Å². The number of piperazine rings is 1. The molecule has 1 saturated heterocycles. The number of aryl methyl sites for hydroxylation is 2. The van der Waals surface area contributed by atoms with E-state index in [4.69, 9.17) is 4.74 Å². The minimum atomic E-state index is 0.0493. The van der Waals surface area contributed by atoms with Crippen molar-refractivity contribution in [1.82, 2.24) is 15.1 Å². The molecule has 0 saturated carbocycles. The summed E-state index contributed by atoms with van der Waals surface area (Å²) in [6, 6.07) is 6.56. The highest BCUT2D eigenvalue weighted by Crippen LogP contribution is 2.22. The molecule has 5 nitrogen and oxygen atoms in total. The fraction of sp³-hybridized carbons (Fsp3) is 0.632. The second kappa shape index (κ2) is 9.04. The van der Waals surface area contributed by atoms with Crippen molar-refractivity contribution in [1.29, 1.82) is 0 Å². The molecule has 0 bridgehead atoms. The van der Waals surface area contributed by atoms with E-state index < -0.39 is 0 Å². The van der Waals surface area contributed by atoms with Gasteiger partial charge in [-0.1, -0.05) is 30.7 Å². The van der Waals surface area contributed by atoms with Crippen LogP contribution in [0.4, 0.5) is 4.79 Å². The normalized spacial score (nSPS) is 16.9. The van der Waals surface area contributed by atoms with Crippen LogP contribution >= 0.6 is 0 Å². The summed E-state index contributed by atoms with van der Waals surface area (Å²) in [5, 5.41) is 3.21.